The molecule has 0 saturated heterocycles. The summed E-state index contributed by atoms with van der Waals surface area (Å²) in [7, 11) is 0. The Kier molecular flexibility index (Phi) is 3.02. The van der Waals surface area contributed by atoms with Crippen molar-refractivity contribution in [2.45, 2.75) is 13.3 Å². The summed E-state index contributed by atoms with van der Waals surface area (Å²) in [4.78, 5) is 1.45. The quantitative estimate of drug-likeness (QED) is 0.652. The van der Waals surface area contributed by atoms with Gasteiger partial charge in [0.15, 0.2) is 0 Å². The second kappa shape index (κ2) is 4.45. The lowest BCUT2D eigenvalue weighted by molar-refractivity contribution is 1.18. The topological polar surface area (TPSA) is 0 Å². The van der Waals surface area contributed by atoms with Crippen LogP contribution < -0.4 is 0 Å². The second-order valence-corrected chi connectivity index (χ2v) is 4.52. The van der Waals surface area contributed by atoms with Crippen LogP contribution in [0.5, 0.6) is 0 Å². The maximum Gasteiger partial charge on any atom is 0.0351 e. The molecule has 2 rings (SSSR count). The molecule has 76 valence electrons. The van der Waals surface area contributed by atoms with Crippen molar-refractivity contribution in [3.63, 3.8) is 0 Å². The SMILES string of the molecule is C=CC=Cc1c(CC)sc2ccccc12. The predicted octanol–water partition coefficient (Wildman–Crippen LogP) is 4.66. The lowest BCUT2D eigenvalue weighted by atomic mass is 10.1. The highest BCUT2D eigenvalue weighted by atomic mass is 32.1. The maximum atomic E-state index is 3.71. The van der Waals surface area contributed by atoms with Gasteiger partial charge in [-0.2, -0.15) is 0 Å². The molecule has 0 aliphatic carbocycles. The van der Waals surface area contributed by atoms with Crippen LogP contribution in [0.25, 0.3) is 16.2 Å². The van der Waals surface area contributed by atoms with Gasteiger partial charge in [-0.15, -0.1) is 11.3 Å². The maximum absolute atomic E-state index is 3.71. The van der Waals surface area contributed by atoms with Gasteiger partial charge in [0.25, 0.3) is 0 Å². The Balaban J connectivity index is 2.66. The van der Waals surface area contributed by atoms with Crippen LogP contribution in [-0.4, -0.2) is 0 Å². The molecule has 1 heteroatoms. The fourth-order valence-electron chi connectivity index (χ4n) is 1.73. The minimum Gasteiger partial charge on any atom is -0.140 e. The van der Waals surface area contributed by atoms with Crippen molar-refractivity contribution in [3.05, 3.63) is 53.4 Å². The molecule has 1 aromatic carbocycles. The zero-order valence-electron chi connectivity index (χ0n) is 8.86. The molecule has 0 aliphatic rings. The molecule has 0 aliphatic heterocycles. The summed E-state index contributed by atoms with van der Waals surface area (Å²) < 4.78 is 1.37. The van der Waals surface area contributed by atoms with E-state index in [-0.39, 0.29) is 0 Å². The van der Waals surface area contributed by atoms with Crippen molar-refractivity contribution < 1.29 is 0 Å². The van der Waals surface area contributed by atoms with Gasteiger partial charge < -0.3 is 0 Å². The summed E-state index contributed by atoms with van der Waals surface area (Å²) in [6.45, 7) is 5.92. The molecule has 0 unspecified atom stereocenters. The first-order chi connectivity index (χ1) is 7.36. The number of hydrogen-bond acceptors (Lipinski definition) is 1. The van der Waals surface area contributed by atoms with Gasteiger partial charge in [0, 0.05) is 9.58 Å². The first-order valence-electron chi connectivity index (χ1n) is 5.16. The van der Waals surface area contributed by atoms with E-state index in [0.29, 0.717) is 0 Å². The van der Waals surface area contributed by atoms with Gasteiger partial charge in [-0.05, 0) is 23.4 Å². The summed E-state index contributed by atoms with van der Waals surface area (Å²) in [5, 5.41) is 1.36. The molecule has 0 saturated carbocycles. The van der Waals surface area contributed by atoms with E-state index >= 15 is 0 Å². The molecular formula is C14H14S. The first-order valence-corrected chi connectivity index (χ1v) is 5.98. The van der Waals surface area contributed by atoms with Gasteiger partial charge in [0.1, 0.15) is 0 Å². The molecule has 0 N–H and O–H groups in total. The van der Waals surface area contributed by atoms with E-state index in [2.05, 4.69) is 43.8 Å². The zero-order valence-corrected chi connectivity index (χ0v) is 9.68. The van der Waals surface area contributed by atoms with Gasteiger partial charge >= 0.3 is 0 Å². The van der Waals surface area contributed by atoms with E-state index in [4.69, 9.17) is 0 Å². The predicted molar refractivity (Wildman–Crippen MR) is 70.4 cm³/mol. The van der Waals surface area contributed by atoms with Gasteiger partial charge in [-0.25, -0.2) is 0 Å². The monoisotopic (exact) mass is 214 g/mol. The average molecular weight is 214 g/mol. The third-order valence-corrected chi connectivity index (χ3v) is 3.76. The highest BCUT2D eigenvalue weighted by Gasteiger charge is 2.06. The minimum atomic E-state index is 1.09. The highest BCUT2D eigenvalue weighted by molar-refractivity contribution is 7.19. The third-order valence-electron chi connectivity index (χ3n) is 2.43. The van der Waals surface area contributed by atoms with Crippen LogP contribution in [0.1, 0.15) is 17.4 Å². The van der Waals surface area contributed by atoms with E-state index in [9.17, 15) is 0 Å². The normalized spacial score (nSPS) is 11.3. The lowest BCUT2D eigenvalue weighted by Crippen LogP contribution is -1.76. The number of thiophene rings is 1. The van der Waals surface area contributed by atoms with Crippen LogP contribution in [0.3, 0.4) is 0 Å². The third kappa shape index (κ3) is 1.88. The molecule has 15 heavy (non-hydrogen) atoms. The van der Waals surface area contributed by atoms with Crippen LogP contribution in [0, 0.1) is 0 Å². The van der Waals surface area contributed by atoms with Gasteiger partial charge in [0.2, 0.25) is 0 Å². The number of allylic oxidation sites excluding steroid dienone is 2. The average Bonchev–Trinajstić information content (AvgIpc) is 2.64. The van der Waals surface area contributed by atoms with Crippen LogP contribution in [-0.2, 0) is 6.42 Å². The fourth-order valence-corrected chi connectivity index (χ4v) is 2.86. The fraction of sp³-hybridized carbons (Fsp3) is 0.143. The number of fused-ring (bicyclic) bond motifs is 1. The molecule has 0 fully saturated rings. The largest absolute Gasteiger partial charge is 0.140 e. The number of aryl methyl sites for hydroxylation is 1. The number of hydrogen-bond donors (Lipinski definition) is 0. The van der Waals surface area contributed by atoms with Crippen molar-refractivity contribution in [2.24, 2.45) is 0 Å². The minimum absolute atomic E-state index is 1.09. The summed E-state index contributed by atoms with van der Waals surface area (Å²) >= 11 is 1.89. The first kappa shape index (κ1) is 10.2. The van der Waals surface area contributed by atoms with Crippen molar-refractivity contribution in [1.82, 2.24) is 0 Å². The van der Waals surface area contributed by atoms with Crippen molar-refractivity contribution in [1.29, 1.82) is 0 Å². The molecule has 0 atom stereocenters. The van der Waals surface area contributed by atoms with Crippen molar-refractivity contribution >= 4 is 27.5 Å². The van der Waals surface area contributed by atoms with Crippen LogP contribution in [0.2, 0.25) is 0 Å². The lowest BCUT2D eigenvalue weighted by Gasteiger charge is -1.94. The zero-order chi connectivity index (χ0) is 10.7. The summed E-state index contributed by atoms with van der Waals surface area (Å²) in [6.07, 6.45) is 7.08. The standard InChI is InChI=1S/C14H14S/c1-3-5-8-11-12-9-6-7-10-14(12)15-13(11)4-2/h3,5-10H,1,4H2,2H3. The molecule has 1 heterocycles. The highest BCUT2D eigenvalue weighted by Crippen LogP contribution is 2.32. The Morgan fingerprint density at radius 2 is 2.13 bits per heavy atom. The van der Waals surface area contributed by atoms with E-state index in [0.717, 1.165) is 6.42 Å². The van der Waals surface area contributed by atoms with Gasteiger partial charge in [0.05, 0.1) is 0 Å². The smallest absolute Gasteiger partial charge is 0.0351 e. The summed E-state index contributed by atoms with van der Waals surface area (Å²) in [5.74, 6) is 0. The molecule has 1 aromatic heterocycles. The van der Waals surface area contributed by atoms with E-state index in [1.807, 2.05) is 23.5 Å². The van der Waals surface area contributed by atoms with Crippen LogP contribution in [0.4, 0.5) is 0 Å². The number of benzene rings is 1. The Labute approximate surface area is 94.6 Å². The molecule has 0 amide bonds. The second-order valence-electron chi connectivity index (χ2n) is 3.38. The number of rotatable bonds is 3. The van der Waals surface area contributed by atoms with E-state index in [1.165, 1.54) is 20.5 Å². The molecule has 0 bridgehead atoms. The van der Waals surface area contributed by atoms with Crippen LogP contribution >= 0.6 is 11.3 Å². The van der Waals surface area contributed by atoms with E-state index in [1.54, 1.807) is 0 Å². The van der Waals surface area contributed by atoms with E-state index < -0.39 is 0 Å². The van der Waals surface area contributed by atoms with Crippen molar-refractivity contribution in [3.8, 4) is 0 Å². The van der Waals surface area contributed by atoms with Crippen molar-refractivity contribution in [2.75, 3.05) is 0 Å². The molecule has 0 nitrogen and oxygen atoms in total. The van der Waals surface area contributed by atoms with Gasteiger partial charge in [-0.1, -0.05) is 49.9 Å². The Morgan fingerprint density at radius 1 is 1.33 bits per heavy atom. The van der Waals surface area contributed by atoms with Crippen LogP contribution in [0.15, 0.2) is 43.0 Å². The summed E-state index contributed by atoms with van der Waals surface area (Å²) in [5.41, 5.74) is 1.36. The molecular weight excluding hydrogens is 200 g/mol. The Bertz CT molecular complexity index is 503. The molecule has 2 aromatic rings. The molecule has 0 radical (unpaired) electrons. The Hall–Kier alpha value is -1.34. The van der Waals surface area contributed by atoms with Gasteiger partial charge in [-0.3, -0.25) is 0 Å². The summed E-state index contributed by atoms with van der Waals surface area (Å²) in [6, 6.07) is 8.57. The molecule has 0 spiro atoms. The Morgan fingerprint density at radius 3 is 2.87 bits per heavy atom.